The minimum atomic E-state index is -0.213. The fourth-order valence-corrected chi connectivity index (χ4v) is 4.11. The van der Waals surface area contributed by atoms with Gasteiger partial charge in [0.15, 0.2) is 0 Å². The molecule has 8 nitrogen and oxygen atoms in total. The summed E-state index contributed by atoms with van der Waals surface area (Å²) in [6.07, 6.45) is 2.27. The third-order valence-corrected chi connectivity index (χ3v) is 5.66. The highest BCUT2D eigenvalue weighted by molar-refractivity contribution is 7.15. The lowest BCUT2D eigenvalue weighted by Gasteiger charge is -2.32. The van der Waals surface area contributed by atoms with E-state index in [9.17, 15) is 9.59 Å². The van der Waals surface area contributed by atoms with E-state index < -0.39 is 0 Å². The SMILES string of the molecule is Cc1nnc(NC(=O)CCC(=O)N2CCCC(c3nc4ccccc4[nH]3)C2)s1. The van der Waals surface area contributed by atoms with Crippen molar-refractivity contribution < 1.29 is 9.59 Å². The van der Waals surface area contributed by atoms with Crippen LogP contribution in [-0.4, -0.2) is 50.0 Å². The first kappa shape index (κ1) is 18.5. The van der Waals surface area contributed by atoms with Crippen molar-refractivity contribution in [2.24, 2.45) is 0 Å². The number of nitrogens with one attached hydrogen (secondary N) is 2. The molecule has 4 rings (SSSR count). The van der Waals surface area contributed by atoms with Gasteiger partial charge in [-0.25, -0.2) is 4.98 Å². The Kier molecular flexibility index (Phi) is 5.34. The van der Waals surface area contributed by atoms with E-state index in [1.807, 2.05) is 36.1 Å². The first-order chi connectivity index (χ1) is 13.6. The summed E-state index contributed by atoms with van der Waals surface area (Å²) in [7, 11) is 0. The zero-order chi connectivity index (χ0) is 19.5. The number of hydrogen-bond donors (Lipinski definition) is 2. The summed E-state index contributed by atoms with van der Waals surface area (Å²) in [5.41, 5.74) is 1.97. The topological polar surface area (TPSA) is 104 Å². The molecule has 1 atom stereocenters. The van der Waals surface area contributed by atoms with Crippen LogP contribution in [0, 0.1) is 6.92 Å². The molecule has 1 saturated heterocycles. The molecular weight excluding hydrogens is 376 g/mol. The van der Waals surface area contributed by atoms with Gasteiger partial charge in [-0.05, 0) is 31.9 Å². The molecule has 1 aliphatic rings. The van der Waals surface area contributed by atoms with Crippen LogP contribution in [0.3, 0.4) is 0 Å². The number of piperidine rings is 1. The zero-order valence-electron chi connectivity index (χ0n) is 15.6. The first-order valence-electron chi connectivity index (χ1n) is 9.41. The Morgan fingerprint density at radius 2 is 2.14 bits per heavy atom. The normalized spacial score (nSPS) is 17.0. The van der Waals surface area contributed by atoms with Crippen molar-refractivity contribution >= 4 is 39.3 Å². The number of rotatable bonds is 5. The fourth-order valence-electron chi connectivity index (χ4n) is 3.50. The number of aryl methyl sites for hydroxylation is 1. The lowest BCUT2D eigenvalue weighted by Crippen LogP contribution is -2.39. The highest BCUT2D eigenvalue weighted by Gasteiger charge is 2.27. The maximum absolute atomic E-state index is 12.6. The maximum Gasteiger partial charge on any atom is 0.226 e. The van der Waals surface area contributed by atoms with Crippen molar-refractivity contribution in [1.29, 1.82) is 0 Å². The molecule has 0 aliphatic carbocycles. The predicted molar refractivity (Wildman–Crippen MR) is 107 cm³/mol. The summed E-state index contributed by atoms with van der Waals surface area (Å²) in [6, 6.07) is 7.95. The number of para-hydroxylation sites is 2. The Morgan fingerprint density at radius 3 is 2.93 bits per heavy atom. The van der Waals surface area contributed by atoms with Crippen LogP contribution in [0.15, 0.2) is 24.3 Å². The second-order valence-electron chi connectivity index (χ2n) is 6.99. The van der Waals surface area contributed by atoms with Crippen LogP contribution in [0.2, 0.25) is 0 Å². The van der Waals surface area contributed by atoms with Gasteiger partial charge in [0.1, 0.15) is 10.8 Å². The lowest BCUT2D eigenvalue weighted by atomic mass is 9.97. The maximum atomic E-state index is 12.6. The van der Waals surface area contributed by atoms with Gasteiger partial charge in [0.05, 0.1) is 11.0 Å². The molecular formula is C19H22N6O2S. The van der Waals surface area contributed by atoms with Crippen LogP contribution < -0.4 is 5.32 Å². The predicted octanol–water partition coefficient (Wildman–Crippen LogP) is 2.85. The molecule has 1 aromatic carbocycles. The number of imidazole rings is 1. The molecule has 28 heavy (non-hydrogen) atoms. The van der Waals surface area contributed by atoms with Crippen LogP contribution in [0.25, 0.3) is 11.0 Å². The summed E-state index contributed by atoms with van der Waals surface area (Å²) >= 11 is 1.32. The Hall–Kier alpha value is -2.81. The summed E-state index contributed by atoms with van der Waals surface area (Å²) in [5.74, 6) is 0.922. The molecule has 9 heteroatoms. The van der Waals surface area contributed by atoms with Gasteiger partial charge in [-0.3, -0.25) is 9.59 Å². The van der Waals surface area contributed by atoms with E-state index in [-0.39, 0.29) is 30.6 Å². The van der Waals surface area contributed by atoms with Gasteiger partial charge in [0, 0.05) is 31.8 Å². The highest BCUT2D eigenvalue weighted by Crippen LogP contribution is 2.27. The molecule has 1 fully saturated rings. The summed E-state index contributed by atoms with van der Waals surface area (Å²) in [5, 5.41) is 11.7. The average Bonchev–Trinajstić information content (AvgIpc) is 3.32. The number of benzene rings is 1. The number of nitrogens with zero attached hydrogens (tertiary/aromatic N) is 4. The molecule has 0 saturated carbocycles. The number of carbonyl (C=O) groups excluding carboxylic acids is 2. The Balaban J connectivity index is 1.32. The van der Waals surface area contributed by atoms with Crippen molar-refractivity contribution in [1.82, 2.24) is 25.1 Å². The van der Waals surface area contributed by atoms with Crippen molar-refractivity contribution in [2.45, 2.75) is 38.5 Å². The molecule has 146 valence electrons. The van der Waals surface area contributed by atoms with E-state index >= 15 is 0 Å². The summed E-state index contributed by atoms with van der Waals surface area (Å²) in [4.78, 5) is 34.5. The summed E-state index contributed by atoms with van der Waals surface area (Å²) in [6.45, 7) is 3.19. The number of hydrogen-bond acceptors (Lipinski definition) is 6. The molecule has 1 unspecified atom stereocenters. The molecule has 3 aromatic rings. The molecule has 2 amide bonds. The van der Waals surface area contributed by atoms with Gasteiger partial charge in [0.25, 0.3) is 0 Å². The third kappa shape index (κ3) is 4.19. The number of aromatic nitrogens is 4. The second-order valence-corrected chi connectivity index (χ2v) is 8.17. The molecule has 0 spiro atoms. The minimum absolute atomic E-state index is 0.00408. The van der Waals surface area contributed by atoms with Crippen molar-refractivity contribution in [3.8, 4) is 0 Å². The van der Waals surface area contributed by atoms with E-state index in [0.717, 1.165) is 41.3 Å². The number of amides is 2. The number of H-pyrrole nitrogens is 1. The molecule has 2 aromatic heterocycles. The Bertz CT molecular complexity index is 964. The molecule has 2 N–H and O–H groups in total. The number of aromatic amines is 1. The third-order valence-electron chi connectivity index (χ3n) is 4.91. The monoisotopic (exact) mass is 398 g/mol. The second kappa shape index (κ2) is 8.05. The van der Waals surface area contributed by atoms with Crippen LogP contribution in [0.5, 0.6) is 0 Å². The number of anilines is 1. The molecule has 0 bridgehead atoms. The van der Waals surface area contributed by atoms with E-state index in [0.29, 0.717) is 11.7 Å². The molecule has 1 aliphatic heterocycles. The summed E-state index contributed by atoms with van der Waals surface area (Å²) < 4.78 is 0. The van der Waals surface area contributed by atoms with Gasteiger partial charge in [-0.2, -0.15) is 0 Å². The van der Waals surface area contributed by atoms with Crippen molar-refractivity contribution in [3.05, 3.63) is 35.1 Å². The van der Waals surface area contributed by atoms with Crippen LogP contribution >= 0.6 is 11.3 Å². The van der Waals surface area contributed by atoms with E-state index in [1.165, 1.54) is 11.3 Å². The van der Waals surface area contributed by atoms with E-state index in [2.05, 4.69) is 25.5 Å². The zero-order valence-corrected chi connectivity index (χ0v) is 16.5. The number of likely N-dealkylation sites (tertiary alicyclic amines) is 1. The van der Waals surface area contributed by atoms with E-state index in [4.69, 9.17) is 0 Å². The largest absolute Gasteiger partial charge is 0.342 e. The van der Waals surface area contributed by atoms with Gasteiger partial charge in [-0.1, -0.05) is 23.5 Å². The van der Waals surface area contributed by atoms with Crippen LogP contribution in [-0.2, 0) is 9.59 Å². The minimum Gasteiger partial charge on any atom is -0.342 e. The fraction of sp³-hybridized carbons (Fsp3) is 0.421. The molecule has 3 heterocycles. The standard InChI is InChI=1S/C19H22N6O2S/c1-12-23-24-19(28-12)22-16(26)8-9-17(27)25-10-4-5-13(11-25)18-20-14-6-2-3-7-15(14)21-18/h2-3,6-7,13H,4-5,8-11H2,1H3,(H,20,21)(H,22,24,26). The highest BCUT2D eigenvalue weighted by atomic mass is 32.1. The van der Waals surface area contributed by atoms with Crippen molar-refractivity contribution in [3.63, 3.8) is 0 Å². The first-order valence-corrected chi connectivity index (χ1v) is 10.2. The quantitative estimate of drug-likeness (QED) is 0.688. The number of fused-ring (bicyclic) bond motifs is 1. The van der Waals surface area contributed by atoms with Gasteiger partial charge in [-0.15, -0.1) is 10.2 Å². The van der Waals surface area contributed by atoms with Crippen LogP contribution in [0.1, 0.15) is 42.4 Å². The van der Waals surface area contributed by atoms with Gasteiger partial charge in [0.2, 0.25) is 16.9 Å². The Morgan fingerprint density at radius 1 is 1.29 bits per heavy atom. The van der Waals surface area contributed by atoms with Gasteiger partial charge >= 0.3 is 0 Å². The Labute approximate surface area is 166 Å². The lowest BCUT2D eigenvalue weighted by molar-refractivity contribution is -0.134. The van der Waals surface area contributed by atoms with E-state index in [1.54, 1.807) is 0 Å². The van der Waals surface area contributed by atoms with Crippen molar-refractivity contribution in [2.75, 3.05) is 18.4 Å². The molecule has 0 radical (unpaired) electrons. The van der Waals surface area contributed by atoms with Gasteiger partial charge < -0.3 is 15.2 Å². The number of carbonyl (C=O) groups is 2. The smallest absolute Gasteiger partial charge is 0.226 e. The van der Waals surface area contributed by atoms with Crippen LogP contribution in [0.4, 0.5) is 5.13 Å². The average molecular weight is 398 g/mol.